The molecule has 7 heteroatoms. The summed E-state index contributed by atoms with van der Waals surface area (Å²) in [6.45, 7) is -0.575. The highest BCUT2D eigenvalue weighted by atomic mass is 35.5. The lowest BCUT2D eigenvalue weighted by Gasteiger charge is -2.17. The highest BCUT2D eigenvalue weighted by molar-refractivity contribution is 6.29. The molecule has 0 bridgehead atoms. The van der Waals surface area contributed by atoms with Gasteiger partial charge >= 0.3 is 0 Å². The third-order valence-electron chi connectivity index (χ3n) is 4.00. The fourth-order valence-corrected chi connectivity index (χ4v) is 3.04. The number of pyridine rings is 2. The summed E-state index contributed by atoms with van der Waals surface area (Å²) in [7, 11) is 3.09. The van der Waals surface area contributed by atoms with Gasteiger partial charge in [-0.1, -0.05) is 11.6 Å². The first-order valence-corrected chi connectivity index (χ1v) is 7.91. The van der Waals surface area contributed by atoms with E-state index in [2.05, 4.69) is 9.97 Å². The van der Waals surface area contributed by atoms with Crippen LogP contribution in [0.15, 0.2) is 30.5 Å². The Kier molecular flexibility index (Phi) is 5.03. The third kappa shape index (κ3) is 3.11. The predicted octanol–water partition coefficient (Wildman–Crippen LogP) is 2.95. The van der Waals surface area contributed by atoms with E-state index in [1.807, 2.05) is 0 Å². The van der Waals surface area contributed by atoms with Crippen molar-refractivity contribution in [2.45, 2.75) is 13.2 Å². The van der Waals surface area contributed by atoms with E-state index >= 15 is 0 Å². The summed E-state index contributed by atoms with van der Waals surface area (Å²) in [5.41, 5.74) is 3.02. The van der Waals surface area contributed by atoms with Crippen molar-refractivity contribution >= 4 is 22.5 Å². The molecule has 6 nitrogen and oxygen atoms in total. The van der Waals surface area contributed by atoms with Crippen molar-refractivity contribution in [2.75, 3.05) is 14.2 Å². The molecule has 25 heavy (non-hydrogen) atoms. The van der Waals surface area contributed by atoms with Crippen molar-refractivity contribution < 1.29 is 19.7 Å². The van der Waals surface area contributed by atoms with Crippen LogP contribution in [-0.2, 0) is 13.2 Å². The molecule has 1 aromatic carbocycles. The van der Waals surface area contributed by atoms with Crippen molar-refractivity contribution in [3.8, 4) is 22.6 Å². The Morgan fingerprint density at radius 1 is 1.04 bits per heavy atom. The summed E-state index contributed by atoms with van der Waals surface area (Å²) in [5, 5.41) is 20.7. The van der Waals surface area contributed by atoms with Gasteiger partial charge in [-0.25, -0.2) is 9.97 Å². The molecule has 130 valence electrons. The maximum absolute atomic E-state index is 9.89. The molecule has 0 radical (unpaired) electrons. The highest BCUT2D eigenvalue weighted by Crippen LogP contribution is 2.39. The van der Waals surface area contributed by atoms with E-state index in [1.54, 1.807) is 44.7 Å². The number of hydrogen-bond acceptors (Lipinski definition) is 6. The molecule has 3 aromatic rings. The number of nitrogens with zero attached hydrogens (tertiary/aromatic N) is 2. The minimum Gasteiger partial charge on any atom is -0.493 e. The standard InChI is InChI=1S/C18H17ClN2O4/c1-24-15-6-11-13(7-16(15)25-2)21-14(9-23)12(8-22)18(11)10-3-4-20-17(19)5-10/h3-7,22-23H,8-9H2,1-2H3. The third-order valence-corrected chi connectivity index (χ3v) is 4.21. The predicted molar refractivity (Wildman–Crippen MR) is 94.9 cm³/mol. The summed E-state index contributed by atoms with van der Waals surface area (Å²) in [5.74, 6) is 1.07. The highest BCUT2D eigenvalue weighted by Gasteiger charge is 2.18. The number of aliphatic hydroxyl groups is 2. The minimum absolute atomic E-state index is 0.275. The molecule has 0 saturated heterocycles. The van der Waals surface area contributed by atoms with Gasteiger partial charge in [0.15, 0.2) is 11.5 Å². The van der Waals surface area contributed by atoms with Crippen LogP contribution in [0.2, 0.25) is 5.15 Å². The Balaban J connectivity index is 2.45. The molecule has 0 spiro atoms. The lowest BCUT2D eigenvalue weighted by Crippen LogP contribution is -2.03. The molecule has 0 saturated carbocycles. The maximum Gasteiger partial charge on any atom is 0.162 e. The molecule has 0 fully saturated rings. The number of methoxy groups -OCH3 is 2. The fourth-order valence-electron chi connectivity index (χ4n) is 2.87. The SMILES string of the molecule is COc1cc2nc(CO)c(CO)c(-c3ccnc(Cl)c3)c2cc1OC. The number of rotatable bonds is 5. The molecular weight excluding hydrogens is 344 g/mol. The van der Waals surface area contributed by atoms with Crippen molar-refractivity contribution in [1.82, 2.24) is 9.97 Å². The van der Waals surface area contributed by atoms with Crippen LogP contribution in [0.25, 0.3) is 22.0 Å². The Bertz CT molecular complexity index is 925. The quantitative estimate of drug-likeness (QED) is 0.680. The molecule has 0 amide bonds. The van der Waals surface area contributed by atoms with Crippen LogP contribution < -0.4 is 9.47 Å². The van der Waals surface area contributed by atoms with Crippen LogP contribution in [0.3, 0.4) is 0 Å². The molecular formula is C18H17ClN2O4. The Morgan fingerprint density at radius 2 is 1.76 bits per heavy atom. The molecule has 2 heterocycles. The van der Waals surface area contributed by atoms with Crippen LogP contribution in [0.5, 0.6) is 11.5 Å². The Hall–Kier alpha value is -2.41. The molecule has 0 unspecified atom stereocenters. The normalized spacial score (nSPS) is 10.9. The van der Waals surface area contributed by atoms with E-state index in [1.165, 1.54) is 0 Å². The van der Waals surface area contributed by atoms with E-state index in [9.17, 15) is 10.2 Å². The van der Waals surface area contributed by atoms with Gasteiger partial charge in [0.2, 0.25) is 0 Å². The number of fused-ring (bicyclic) bond motifs is 1. The van der Waals surface area contributed by atoms with E-state index in [-0.39, 0.29) is 13.2 Å². The first-order chi connectivity index (χ1) is 12.1. The topological polar surface area (TPSA) is 84.7 Å². The Morgan fingerprint density at radius 3 is 2.36 bits per heavy atom. The van der Waals surface area contributed by atoms with Gasteiger partial charge in [0.25, 0.3) is 0 Å². The van der Waals surface area contributed by atoms with E-state index in [4.69, 9.17) is 21.1 Å². The zero-order valence-corrected chi connectivity index (χ0v) is 14.5. The zero-order chi connectivity index (χ0) is 18.0. The summed E-state index contributed by atoms with van der Waals surface area (Å²) >= 11 is 6.04. The van der Waals surface area contributed by atoms with Crippen molar-refractivity contribution in [2.24, 2.45) is 0 Å². The number of halogens is 1. The number of aromatic nitrogens is 2. The van der Waals surface area contributed by atoms with Gasteiger partial charge in [0.1, 0.15) is 5.15 Å². The van der Waals surface area contributed by atoms with Gasteiger partial charge in [-0.2, -0.15) is 0 Å². The van der Waals surface area contributed by atoms with Gasteiger partial charge < -0.3 is 19.7 Å². The second-order valence-corrected chi connectivity index (χ2v) is 5.71. The number of benzene rings is 1. The van der Waals surface area contributed by atoms with Crippen LogP contribution in [-0.4, -0.2) is 34.4 Å². The number of hydrogen-bond donors (Lipinski definition) is 2. The largest absolute Gasteiger partial charge is 0.493 e. The number of ether oxygens (including phenoxy) is 2. The van der Waals surface area contributed by atoms with Gasteiger partial charge in [0.05, 0.1) is 38.6 Å². The number of aliphatic hydroxyl groups excluding tert-OH is 2. The van der Waals surface area contributed by atoms with E-state index in [0.29, 0.717) is 33.4 Å². The van der Waals surface area contributed by atoms with Crippen LogP contribution in [0, 0.1) is 0 Å². The second kappa shape index (κ2) is 7.23. The zero-order valence-electron chi connectivity index (χ0n) is 13.8. The van der Waals surface area contributed by atoms with Gasteiger partial charge in [-0.05, 0) is 29.3 Å². The fraction of sp³-hybridized carbons (Fsp3) is 0.222. The average molecular weight is 361 g/mol. The van der Waals surface area contributed by atoms with Gasteiger partial charge in [-0.3, -0.25) is 0 Å². The summed E-state index contributed by atoms with van der Waals surface area (Å²) in [6, 6.07) is 7.02. The lowest BCUT2D eigenvalue weighted by atomic mass is 9.94. The molecule has 0 aliphatic rings. The van der Waals surface area contributed by atoms with E-state index < -0.39 is 0 Å². The Labute approximate surface area is 149 Å². The summed E-state index contributed by atoms with van der Waals surface area (Å²) in [6.07, 6.45) is 1.59. The van der Waals surface area contributed by atoms with Crippen molar-refractivity contribution in [1.29, 1.82) is 0 Å². The lowest BCUT2D eigenvalue weighted by molar-refractivity contribution is 0.257. The van der Waals surface area contributed by atoms with E-state index in [0.717, 1.165) is 16.5 Å². The van der Waals surface area contributed by atoms with Crippen LogP contribution in [0.1, 0.15) is 11.3 Å². The van der Waals surface area contributed by atoms with Crippen molar-refractivity contribution in [3.05, 3.63) is 46.9 Å². The minimum atomic E-state index is -0.300. The molecule has 0 aliphatic heterocycles. The first-order valence-electron chi connectivity index (χ1n) is 7.54. The van der Waals surface area contributed by atoms with Crippen molar-refractivity contribution in [3.63, 3.8) is 0 Å². The summed E-state index contributed by atoms with van der Waals surface area (Å²) in [4.78, 5) is 8.46. The molecule has 0 aliphatic carbocycles. The van der Waals surface area contributed by atoms with Crippen LogP contribution >= 0.6 is 11.6 Å². The monoisotopic (exact) mass is 360 g/mol. The molecule has 3 rings (SSSR count). The molecule has 2 aromatic heterocycles. The second-order valence-electron chi connectivity index (χ2n) is 5.32. The maximum atomic E-state index is 9.89. The first kappa shape index (κ1) is 17.4. The molecule has 2 N–H and O–H groups in total. The van der Waals surface area contributed by atoms with Gasteiger partial charge in [-0.15, -0.1) is 0 Å². The van der Waals surface area contributed by atoms with Crippen LogP contribution in [0.4, 0.5) is 0 Å². The average Bonchev–Trinajstić information content (AvgIpc) is 2.64. The van der Waals surface area contributed by atoms with Gasteiger partial charge in [0, 0.05) is 23.2 Å². The smallest absolute Gasteiger partial charge is 0.162 e. The summed E-state index contributed by atoms with van der Waals surface area (Å²) < 4.78 is 10.7. The molecule has 0 atom stereocenters.